The topological polar surface area (TPSA) is 84.2 Å². The predicted octanol–water partition coefficient (Wildman–Crippen LogP) is -0.575. The summed E-state index contributed by atoms with van der Waals surface area (Å²) in [5, 5.41) is 15.9. The van der Waals surface area contributed by atoms with Crippen molar-refractivity contribution in [1.29, 1.82) is 0 Å². The fourth-order valence-electron chi connectivity index (χ4n) is 1.85. The molecule has 0 spiro atoms. The summed E-state index contributed by atoms with van der Waals surface area (Å²) < 4.78 is 1.11. The lowest BCUT2D eigenvalue weighted by Gasteiger charge is -2.40. The smallest absolute Gasteiger partial charge is 0.272 e. The van der Waals surface area contributed by atoms with E-state index in [2.05, 4.69) is 10.4 Å². The average molecular weight is 237 g/mol. The number of carbonyl (C=O) groups excluding carboxylic acids is 1. The Balaban J connectivity index is 2.14. The average Bonchev–Trinajstić information content (AvgIpc) is 2.27. The molecule has 1 aliphatic rings. The van der Waals surface area contributed by atoms with Gasteiger partial charge in [0.2, 0.25) is 0 Å². The lowest BCUT2D eigenvalue weighted by atomic mass is 9.77. The minimum atomic E-state index is -0.493. The monoisotopic (exact) mass is 237 g/mol. The second-order valence-electron chi connectivity index (χ2n) is 4.43. The highest BCUT2D eigenvalue weighted by Crippen LogP contribution is 2.31. The van der Waals surface area contributed by atoms with Crippen LogP contribution >= 0.6 is 0 Å². The summed E-state index contributed by atoms with van der Waals surface area (Å²) in [6.45, 7) is -0.0650. The summed E-state index contributed by atoms with van der Waals surface area (Å²) in [6.07, 6.45) is 2.56. The zero-order valence-electron chi connectivity index (χ0n) is 9.64. The van der Waals surface area contributed by atoms with Crippen molar-refractivity contribution in [2.45, 2.75) is 24.8 Å². The van der Waals surface area contributed by atoms with Crippen LogP contribution < -0.4 is 10.9 Å². The number of aliphatic hydroxyl groups is 1. The maximum atomic E-state index is 11.9. The fourth-order valence-corrected chi connectivity index (χ4v) is 1.85. The van der Waals surface area contributed by atoms with Crippen LogP contribution in [-0.4, -0.2) is 32.9 Å². The minimum Gasteiger partial charge on any atom is -0.394 e. The first-order valence-electron chi connectivity index (χ1n) is 5.54. The van der Waals surface area contributed by atoms with E-state index in [-0.39, 0.29) is 23.8 Å². The van der Waals surface area contributed by atoms with Crippen LogP contribution in [0.5, 0.6) is 0 Å². The van der Waals surface area contributed by atoms with Gasteiger partial charge in [0.05, 0.1) is 12.1 Å². The number of aromatic nitrogens is 2. The Labute approximate surface area is 98.3 Å². The number of nitrogens with one attached hydrogen (secondary N) is 1. The van der Waals surface area contributed by atoms with Crippen LogP contribution in [0.15, 0.2) is 16.9 Å². The van der Waals surface area contributed by atoms with Crippen molar-refractivity contribution in [3.05, 3.63) is 28.2 Å². The van der Waals surface area contributed by atoms with Crippen molar-refractivity contribution in [3.8, 4) is 0 Å². The van der Waals surface area contributed by atoms with Crippen LogP contribution in [0.2, 0.25) is 0 Å². The minimum absolute atomic E-state index is 0.0650. The Morgan fingerprint density at radius 3 is 2.76 bits per heavy atom. The molecule has 1 saturated carbocycles. The van der Waals surface area contributed by atoms with Gasteiger partial charge in [0.25, 0.3) is 11.5 Å². The van der Waals surface area contributed by atoms with E-state index in [4.69, 9.17) is 0 Å². The Morgan fingerprint density at radius 2 is 2.29 bits per heavy atom. The number of rotatable bonds is 3. The maximum absolute atomic E-state index is 11.9. The molecule has 2 rings (SSSR count). The number of hydrogen-bond acceptors (Lipinski definition) is 4. The third kappa shape index (κ3) is 2.21. The first-order valence-corrected chi connectivity index (χ1v) is 5.54. The molecule has 0 aromatic carbocycles. The predicted molar refractivity (Wildman–Crippen MR) is 60.6 cm³/mol. The second-order valence-corrected chi connectivity index (χ2v) is 4.43. The summed E-state index contributed by atoms with van der Waals surface area (Å²) in [4.78, 5) is 23.0. The van der Waals surface area contributed by atoms with Crippen LogP contribution in [0.25, 0.3) is 0 Å². The van der Waals surface area contributed by atoms with Crippen molar-refractivity contribution >= 4 is 5.91 Å². The molecule has 2 N–H and O–H groups in total. The highest BCUT2D eigenvalue weighted by atomic mass is 16.3. The Kier molecular flexibility index (Phi) is 2.97. The summed E-state index contributed by atoms with van der Waals surface area (Å²) in [5.41, 5.74) is -0.568. The van der Waals surface area contributed by atoms with Crippen molar-refractivity contribution < 1.29 is 9.90 Å². The summed E-state index contributed by atoms with van der Waals surface area (Å²) in [7, 11) is 1.49. The van der Waals surface area contributed by atoms with Crippen molar-refractivity contribution in [2.75, 3.05) is 6.61 Å². The third-order valence-electron chi connectivity index (χ3n) is 3.19. The van der Waals surface area contributed by atoms with Gasteiger partial charge in [0, 0.05) is 13.1 Å². The molecule has 0 atom stereocenters. The van der Waals surface area contributed by atoms with Gasteiger partial charge < -0.3 is 10.4 Å². The standard InChI is InChI=1S/C11H15N3O3/c1-14-9(16)4-3-8(13-14)10(17)12-11(7-15)5-2-6-11/h3-4,15H,2,5-7H2,1H3,(H,12,17). The van der Waals surface area contributed by atoms with Crippen LogP contribution in [0.4, 0.5) is 0 Å². The molecular formula is C11H15N3O3. The van der Waals surface area contributed by atoms with Gasteiger partial charge in [-0.15, -0.1) is 0 Å². The molecular weight excluding hydrogens is 222 g/mol. The van der Waals surface area contributed by atoms with Crippen LogP contribution in [0.1, 0.15) is 29.8 Å². The molecule has 6 nitrogen and oxygen atoms in total. The molecule has 1 aromatic rings. The van der Waals surface area contributed by atoms with Gasteiger partial charge in [0.15, 0.2) is 0 Å². The lowest BCUT2D eigenvalue weighted by Crippen LogP contribution is -2.56. The van der Waals surface area contributed by atoms with Crippen molar-refractivity contribution in [2.24, 2.45) is 7.05 Å². The Morgan fingerprint density at radius 1 is 1.59 bits per heavy atom. The fraction of sp³-hybridized carbons (Fsp3) is 0.545. The maximum Gasteiger partial charge on any atom is 0.272 e. The quantitative estimate of drug-likeness (QED) is 0.737. The molecule has 17 heavy (non-hydrogen) atoms. The Hall–Kier alpha value is -1.69. The summed E-state index contributed by atoms with van der Waals surface area (Å²) in [5.74, 6) is -0.352. The highest BCUT2D eigenvalue weighted by molar-refractivity contribution is 5.92. The van der Waals surface area contributed by atoms with Crippen molar-refractivity contribution in [1.82, 2.24) is 15.1 Å². The van der Waals surface area contributed by atoms with E-state index in [1.807, 2.05) is 0 Å². The molecule has 0 aliphatic heterocycles. The molecule has 0 saturated heterocycles. The number of aryl methyl sites for hydroxylation is 1. The Bertz CT molecular complexity index is 485. The van der Waals surface area contributed by atoms with Gasteiger partial charge in [-0.25, -0.2) is 4.68 Å². The molecule has 1 amide bonds. The van der Waals surface area contributed by atoms with Gasteiger partial charge in [-0.3, -0.25) is 9.59 Å². The molecule has 1 aliphatic carbocycles. The second kappa shape index (κ2) is 4.29. The van der Waals surface area contributed by atoms with Crippen LogP contribution in [0, 0.1) is 0 Å². The van der Waals surface area contributed by atoms with Crippen molar-refractivity contribution in [3.63, 3.8) is 0 Å². The highest BCUT2D eigenvalue weighted by Gasteiger charge is 2.38. The number of hydrogen-bond donors (Lipinski definition) is 2. The van der Waals surface area contributed by atoms with E-state index in [0.29, 0.717) is 0 Å². The first kappa shape index (κ1) is 11.8. The molecule has 6 heteroatoms. The van der Waals surface area contributed by atoms with E-state index in [0.717, 1.165) is 23.9 Å². The SMILES string of the molecule is Cn1nc(C(=O)NC2(CO)CCC2)ccc1=O. The van der Waals surface area contributed by atoms with E-state index in [1.165, 1.54) is 19.2 Å². The van der Waals surface area contributed by atoms with Gasteiger partial charge in [-0.2, -0.15) is 5.10 Å². The molecule has 0 unspecified atom stereocenters. The van der Waals surface area contributed by atoms with Gasteiger partial charge >= 0.3 is 0 Å². The molecule has 0 bridgehead atoms. The number of carbonyl (C=O) groups is 1. The van der Waals surface area contributed by atoms with Gasteiger partial charge in [-0.05, 0) is 25.3 Å². The van der Waals surface area contributed by atoms with Gasteiger partial charge in [0.1, 0.15) is 5.69 Å². The number of aliphatic hydroxyl groups excluding tert-OH is 1. The molecule has 1 fully saturated rings. The first-order chi connectivity index (χ1) is 8.06. The van der Waals surface area contributed by atoms with Gasteiger partial charge in [-0.1, -0.05) is 0 Å². The van der Waals surface area contributed by atoms with E-state index in [1.54, 1.807) is 0 Å². The molecule has 1 aromatic heterocycles. The zero-order chi connectivity index (χ0) is 12.5. The van der Waals surface area contributed by atoms with E-state index < -0.39 is 5.54 Å². The van der Waals surface area contributed by atoms with Crippen LogP contribution in [0.3, 0.4) is 0 Å². The molecule has 0 radical (unpaired) electrons. The van der Waals surface area contributed by atoms with Crippen LogP contribution in [-0.2, 0) is 7.05 Å². The molecule has 92 valence electrons. The lowest BCUT2D eigenvalue weighted by molar-refractivity contribution is 0.0636. The number of amides is 1. The normalized spacial score (nSPS) is 17.3. The largest absolute Gasteiger partial charge is 0.394 e. The number of nitrogens with zero attached hydrogens (tertiary/aromatic N) is 2. The van der Waals surface area contributed by atoms with E-state index in [9.17, 15) is 14.7 Å². The third-order valence-corrected chi connectivity index (χ3v) is 3.19. The zero-order valence-corrected chi connectivity index (χ0v) is 9.64. The summed E-state index contributed by atoms with van der Waals surface area (Å²) >= 11 is 0. The van der Waals surface area contributed by atoms with E-state index >= 15 is 0 Å². The molecule has 1 heterocycles. The summed E-state index contributed by atoms with van der Waals surface area (Å²) in [6, 6.07) is 2.69.